The van der Waals surface area contributed by atoms with E-state index < -0.39 is 0 Å². The van der Waals surface area contributed by atoms with Gasteiger partial charge in [0.25, 0.3) is 0 Å². The number of fused-ring (bicyclic) bond motifs is 1. The van der Waals surface area contributed by atoms with Gasteiger partial charge in [-0.15, -0.1) is 0 Å². The number of halogens is 2. The molecule has 0 bridgehead atoms. The Hall–Kier alpha value is -1.09. The highest BCUT2D eigenvalue weighted by Crippen LogP contribution is 2.36. The van der Waals surface area contributed by atoms with Gasteiger partial charge < -0.3 is 5.32 Å². The summed E-state index contributed by atoms with van der Waals surface area (Å²) in [6.07, 6.45) is 1.03. The van der Waals surface area contributed by atoms with Crippen molar-refractivity contribution < 1.29 is 0 Å². The zero-order chi connectivity index (χ0) is 15.1. The van der Waals surface area contributed by atoms with Gasteiger partial charge in [-0.1, -0.05) is 18.2 Å². The van der Waals surface area contributed by atoms with Crippen LogP contribution in [0.2, 0.25) is 0 Å². The van der Waals surface area contributed by atoms with E-state index in [2.05, 4.69) is 99.0 Å². The van der Waals surface area contributed by atoms with Crippen molar-refractivity contribution in [2.75, 3.05) is 11.9 Å². The van der Waals surface area contributed by atoms with Gasteiger partial charge in [-0.05, 0) is 81.9 Å². The molecule has 3 aromatic rings. The maximum absolute atomic E-state index is 4.91. The average molecular weight is 513 g/mol. The highest BCUT2D eigenvalue weighted by atomic mass is 127. The fourth-order valence-electron chi connectivity index (χ4n) is 2.81. The molecule has 1 aliphatic rings. The average Bonchev–Trinajstić information content (AvgIpc) is 3.11. The fourth-order valence-corrected chi connectivity index (χ4v) is 3.82. The van der Waals surface area contributed by atoms with Crippen molar-refractivity contribution in [3.05, 3.63) is 61.2 Å². The van der Waals surface area contributed by atoms with Crippen molar-refractivity contribution in [1.82, 2.24) is 9.78 Å². The molecule has 0 unspecified atom stereocenters. The van der Waals surface area contributed by atoms with E-state index in [1.54, 1.807) is 0 Å². The first kappa shape index (κ1) is 14.5. The van der Waals surface area contributed by atoms with E-state index in [0.29, 0.717) is 0 Å². The van der Waals surface area contributed by atoms with Crippen molar-refractivity contribution in [2.45, 2.75) is 6.42 Å². The van der Waals surface area contributed by atoms with Gasteiger partial charge in [0.1, 0.15) is 5.82 Å². The summed E-state index contributed by atoms with van der Waals surface area (Å²) in [6, 6.07) is 16.9. The summed E-state index contributed by atoms with van der Waals surface area (Å²) in [5.74, 6) is 1.14. The largest absolute Gasteiger partial charge is 0.369 e. The maximum atomic E-state index is 4.91. The molecular weight excluding hydrogens is 500 g/mol. The van der Waals surface area contributed by atoms with Crippen molar-refractivity contribution >= 4 is 51.0 Å². The van der Waals surface area contributed by atoms with Gasteiger partial charge in [0, 0.05) is 24.8 Å². The first-order chi connectivity index (χ1) is 10.7. The Morgan fingerprint density at radius 1 is 1.00 bits per heavy atom. The molecule has 0 radical (unpaired) electrons. The van der Waals surface area contributed by atoms with E-state index in [-0.39, 0.29) is 0 Å². The summed E-state index contributed by atoms with van der Waals surface area (Å²) in [5.41, 5.74) is 4.74. The topological polar surface area (TPSA) is 29.9 Å². The predicted octanol–water partition coefficient (Wildman–Crippen LogP) is 4.72. The molecule has 1 aliphatic heterocycles. The Morgan fingerprint density at radius 3 is 2.55 bits per heavy atom. The van der Waals surface area contributed by atoms with Gasteiger partial charge in [-0.2, -0.15) is 5.10 Å². The second kappa shape index (κ2) is 5.84. The van der Waals surface area contributed by atoms with Crippen LogP contribution in [0.1, 0.15) is 5.56 Å². The molecule has 0 aliphatic carbocycles. The minimum Gasteiger partial charge on any atom is -0.369 e. The zero-order valence-electron chi connectivity index (χ0n) is 11.7. The molecule has 0 fully saturated rings. The molecule has 0 spiro atoms. The first-order valence-corrected chi connectivity index (χ1v) is 9.26. The van der Waals surface area contributed by atoms with Gasteiger partial charge >= 0.3 is 0 Å². The van der Waals surface area contributed by atoms with Crippen LogP contribution in [0.25, 0.3) is 16.9 Å². The Labute approximate surface area is 156 Å². The smallest absolute Gasteiger partial charge is 0.133 e. The fraction of sp³-hybridized carbons (Fsp3) is 0.118. The van der Waals surface area contributed by atoms with Crippen LogP contribution >= 0.6 is 45.2 Å². The van der Waals surface area contributed by atoms with E-state index in [4.69, 9.17) is 5.10 Å². The van der Waals surface area contributed by atoms with Gasteiger partial charge in [0.15, 0.2) is 0 Å². The number of anilines is 1. The summed E-state index contributed by atoms with van der Waals surface area (Å²) in [4.78, 5) is 0. The molecule has 2 aromatic carbocycles. The predicted molar refractivity (Wildman–Crippen MR) is 107 cm³/mol. The van der Waals surface area contributed by atoms with Gasteiger partial charge in [0.2, 0.25) is 0 Å². The Bertz CT molecular complexity index is 838. The Kier molecular flexibility index (Phi) is 3.85. The molecule has 0 atom stereocenters. The number of benzene rings is 2. The third kappa shape index (κ3) is 2.44. The first-order valence-electron chi connectivity index (χ1n) is 7.10. The SMILES string of the molecule is Ic1ccc(-n2nc(-c3ccccc3I)c3c2NCC3)cc1. The molecule has 22 heavy (non-hydrogen) atoms. The van der Waals surface area contributed by atoms with Crippen molar-refractivity contribution in [2.24, 2.45) is 0 Å². The quantitative estimate of drug-likeness (QED) is 0.504. The summed E-state index contributed by atoms with van der Waals surface area (Å²) < 4.78 is 4.51. The van der Waals surface area contributed by atoms with Crippen molar-refractivity contribution in [1.29, 1.82) is 0 Å². The van der Waals surface area contributed by atoms with Crippen LogP contribution in [0, 0.1) is 7.14 Å². The van der Waals surface area contributed by atoms with Crippen molar-refractivity contribution in [3.8, 4) is 16.9 Å². The number of nitrogens with one attached hydrogen (secondary N) is 1. The number of aromatic nitrogens is 2. The van der Waals surface area contributed by atoms with Crippen LogP contribution in [0.3, 0.4) is 0 Å². The Morgan fingerprint density at radius 2 is 1.77 bits per heavy atom. The van der Waals surface area contributed by atoms with Crippen LogP contribution in [-0.2, 0) is 6.42 Å². The molecule has 3 nitrogen and oxygen atoms in total. The highest BCUT2D eigenvalue weighted by molar-refractivity contribution is 14.1. The van der Waals surface area contributed by atoms with E-state index >= 15 is 0 Å². The summed E-state index contributed by atoms with van der Waals surface area (Å²) in [7, 11) is 0. The number of hydrogen-bond donors (Lipinski definition) is 1. The molecule has 4 rings (SSSR count). The maximum Gasteiger partial charge on any atom is 0.133 e. The minimum atomic E-state index is 0.980. The monoisotopic (exact) mass is 513 g/mol. The molecule has 5 heteroatoms. The molecule has 0 saturated carbocycles. The van der Waals surface area contributed by atoms with Crippen LogP contribution in [-0.4, -0.2) is 16.3 Å². The lowest BCUT2D eigenvalue weighted by molar-refractivity contribution is 0.882. The van der Waals surface area contributed by atoms with Crippen LogP contribution < -0.4 is 5.32 Å². The Balaban J connectivity index is 1.90. The molecule has 1 N–H and O–H groups in total. The van der Waals surface area contributed by atoms with Gasteiger partial charge in [-0.3, -0.25) is 0 Å². The summed E-state index contributed by atoms with van der Waals surface area (Å²) in [6.45, 7) is 0.980. The van der Waals surface area contributed by atoms with E-state index in [9.17, 15) is 0 Å². The number of rotatable bonds is 2. The standard InChI is InChI=1S/C17H13I2N3/c18-11-5-7-12(8-6-11)22-17-14(9-10-20-17)16(21-22)13-3-1-2-4-15(13)19/h1-8,20H,9-10H2. The van der Waals surface area contributed by atoms with Crippen molar-refractivity contribution in [3.63, 3.8) is 0 Å². The molecule has 110 valence electrons. The van der Waals surface area contributed by atoms with E-state index in [0.717, 1.165) is 30.2 Å². The zero-order valence-corrected chi connectivity index (χ0v) is 16.0. The van der Waals surface area contributed by atoms with Crippen LogP contribution in [0.5, 0.6) is 0 Å². The summed E-state index contributed by atoms with van der Waals surface area (Å²) in [5, 5.41) is 8.40. The number of nitrogens with zero attached hydrogens (tertiary/aromatic N) is 2. The molecular formula is C17H13I2N3. The third-order valence-corrected chi connectivity index (χ3v) is 5.51. The lowest BCUT2D eigenvalue weighted by Gasteiger charge is -2.06. The highest BCUT2D eigenvalue weighted by Gasteiger charge is 2.24. The second-order valence-electron chi connectivity index (χ2n) is 5.22. The minimum absolute atomic E-state index is 0.980. The van der Waals surface area contributed by atoms with Gasteiger partial charge in [0.05, 0.1) is 11.4 Å². The summed E-state index contributed by atoms with van der Waals surface area (Å²) >= 11 is 4.71. The van der Waals surface area contributed by atoms with E-state index in [1.165, 1.54) is 18.3 Å². The molecule has 1 aromatic heterocycles. The second-order valence-corrected chi connectivity index (χ2v) is 7.63. The lowest BCUT2D eigenvalue weighted by atomic mass is 10.1. The molecule has 2 heterocycles. The van der Waals surface area contributed by atoms with Crippen LogP contribution in [0.4, 0.5) is 5.82 Å². The third-order valence-electron chi connectivity index (χ3n) is 3.85. The number of hydrogen-bond acceptors (Lipinski definition) is 2. The van der Waals surface area contributed by atoms with Gasteiger partial charge in [-0.25, -0.2) is 4.68 Å². The van der Waals surface area contributed by atoms with E-state index in [1.807, 2.05) is 4.68 Å². The molecule has 0 amide bonds. The molecule has 0 saturated heterocycles. The lowest BCUT2D eigenvalue weighted by Crippen LogP contribution is -2.04. The van der Waals surface area contributed by atoms with Crippen LogP contribution in [0.15, 0.2) is 48.5 Å². The normalized spacial score (nSPS) is 13.0.